The van der Waals surface area contributed by atoms with Crippen LogP contribution in [0.25, 0.3) is 0 Å². The van der Waals surface area contributed by atoms with Gasteiger partial charge in [0.25, 0.3) is 0 Å². The Hall–Kier alpha value is -0.866. The molecule has 3 heterocycles. The van der Waals surface area contributed by atoms with E-state index in [1.807, 2.05) is 12.1 Å². The Balaban J connectivity index is 1.36. The lowest BCUT2D eigenvalue weighted by atomic mass is 9.94. The molecule has 0 saturated carbocycles. The summed E-state index contributed by atoms with van der Waals surface area (Å²) in [4.78, 5) is 0.382. The summed E-state index contributed by atoms with van der Waals surface area (Å²) >= 11 is 6.90. The summed E-state index contributed by atoms with van der Waals surface area (Å²) in [6.45, 7) is 35.6. The molecular formula is C48H83ClO8SSi2. The standard InChI is InChI=1S/C48H83ClO8SSi2/c1-14-37-18-23-43(24-19-37)58(50,51)34-38-31-41(32-42(57-60(12,13)48(7,8)9)33-54-59(10,11)47(4,5)6)56-45(38)25-17-35(2)16-20-39(49)21-26-44-36(3)30-40(55-44)22-27-46-52-28-15-29-53-46/h18-19,23-24,38-42,44-46H,2-3,14-17,20-22,25-34H2,1,4-13H3/t38-,39+,40-,41-,42?,44-,45-/m0/s1. The molecule has 0 aromatic heterocycles. The van der Waals surface area contributed by atoms with Crippen LogP contribution in [0.2, 0.25) is 36.3 Å². The molecule has 0 aliphatic carbocycles. The van der Waals surface area contributed by atoms with Crippen molar-refractivity contribution in [3.05, 3.63) is 54.1 Å². The lowest BCUT2D eigenvalue weighted by Crippen LogP contribution is -2.48. The molecule has 344 valence electrons. The first-order valence-corrected chi connectivity index (χ1v) is 31.0. The van der Waals surface area contributed by atoms with Gasteiger partial charge < -0.3 is 27.8 Å². The SMILES string of the molecule is C=C(CC[C@@H](Cl)CC[C@@H]1O[C@@H](CCC2OCCCO2)CC1=C)CC[C@@H]1O[C@H](CC(CO[Si](C)(C)C(C)(C)C)O[Si](C)(C)C(C)(C)C)C[C@H]1CS(=O)(=O)c1ccc(CC)cc1. The second kappa shape index (κ2) is 22.4. The Kier molecular flexibility index (Phi) is 19.3. The molecule has 8 nitrogen and oxygen atoms in total. The van der Waals surface area contributed by atoms with E-state index in [1.54, 1.807) is 12.1 Å². The van der Waals surface area contributed by atoms with Crippen LogP contribution in [0.5, 0.6) is 0 Å². The fraction of sp³-hybridized carbons (Fsp3) is 0.792. The van der Waals surface area contributed by atoms with Crippen LogP contribution in [0.15, 0.2) is 53.5 Å². The second-order valence-corrected chi connectivity index (χ2v) is 33.3. The Morgan fingerprint density at radius 2 is 1.53 bits per heavy atom. The van der Waals surface area contributed by atoms with Crippen LogP contribution in [0.4, 0.5) is 0 Å². The van der Waals surface area contributed by atoms with Crippen molar-refractivity contribution < 1.29 is 36.2 Å². The first-order valence-electron chi connectivity index (χ1n) is 23.0. The van der Waals surface area contributed by atoms with Crippen molar-refractivity contribution in [1.82, 2.24) is 0 Å². The number of hydrogen-bond acceptors (Lipinski definition) is 8. The highest BCUT2D eigenvalue weighted by molar-refractivity contribution is 7.91. The zero-order valence-corrected chi connectivity index (χ0v) is 43.0. The van der Waals surface area contributed by atoms with Crippen molar-refractivity contribution in [2.45, 2.75) is 215 Å². The van der Waals surface area contributed by atoms with E-state index in [1.165, 1.54) is 0 Å². The van der Waals surface area contributed by atoms with E-state index in [9.17, 15) is 8.42 Å². The van der Waals surface area contributed by atoms with Gasteiger partial charge in [-0.1, -0.05) is 79.3 Å². The first-order chi connectivity index (χ1) is 27.9. The number of rotatable bonds is 23. The van der Waals surface area contributed by atoms with Gasteiger partial charge in [0, 0.05) is 24.1 Å². The van der Waals surface area contributed by atoms with Gasteiger partial charge in [0.2, 0.25) is 0 Å². The van der Waals surface area contributed by atoms with E-state index >= 15 is 0 Å². The minimum absolute atomic E-state index is 0.0108. The van der Waals surface area contributed by atoms with Crippen LogP contribution in [0.1, 0.15) is 131 Å². The molecule has 60 heavy (non-hydrogen) atoms. The summed E-state index contributed by atoms with van der Waals surface area (Å²) in [6, 6.07) is 7.38. The van der Waals surface area contributed by atoms with E-state index in [0.717, 1.165) is 101 Å². The van der Waals surface area contributed by atoms with Gasteiger partial charge in [-0.25, -0.2) is 8.42 Å². The quantitative estimate of drug-likeness (QED) is 0.0609. The number of sulfone groups is 1. The maximum Gasteiger partial charge on any atom is 0.192 e. The summed E-state index contributed by atoms with van der Waals surface area (Å²) in [7, 11) is -7.71. The fourth-order valence-corrected chi connectivity index (χ4v) is 12.3. The zero-order valence-electron chi connectivity index (χ0n) is 39.4. The Morgan fingerprint density at radius 3 is 2.15 bits per heavy atom. The molecule has 0 N–H and O–H groups in total. The highest BCUT2D eigenvalue weighted by atomic mass is 35.5. The number of halogens is 1. The molecule has 1 unspecified atom stereocenters. The minimum atomic E-state index is -3.53. The first kappa shape index (κ1) is 51.8. The number of hydrogen-bond donors (Lipinski definition) is 0. The highest BCUT2D eigenvalue weighted by Gasteiger charge is 2.44. The van der Waals surface area contributed by atoms with Crippen molar-refractivity contribution in [3.8, 4) is 0 Å². The van der Waals surface area contributed by atoms with Gasteiger partial charge in [-0.05, 0) is 130 Å². The van der Waals surface area contributed by atoms with Crippen LogP contribution in [0, 0.1) is 5.92 Å². The van der Waals surface area contributed by atoms with Gasteiger partial charge in [0.15, 0.2) is 32.8 Å². The lowest BCUT2D eigenvalue weighted by molar-refractivity contribution is -0.184. The number of ether oxygens (including phenoxy) is 4. The third kappa shape index (κ3) is 15.7. The van der Waals surface area contributed by atoms with Gasteiger partial charge in [-0.3, -0.25) is 0 Å². The number of aryl methyl sites for hydroxylation is 1. The van der Waals surface area contributed by atoms with Crippen LogP contribution >= 0.6 is 11.6 Å². The largest absolute Gasteiger partial charge is 0.414 e. The molecule has 1 aromatic carbocycles. The van der Waals surface area contributed by atoms with Gasteiger partial charge in [0.1, 0.15) is 0 Å². The Bertz CT molecular complexity index is 1610. The van der Waals surface area contributed by atoms with E-state index < -0.39 is 26.5 Å². The molecule has 0 amide bonds. The van der Waals surface area contributed by atoms with E-state index in [0.29, 0.717) is 24.3 Å². The highest BCUT2D eigenvalue weighted by Crippen LogP contribution is 2.42. The molecule has 3 saturated heterocycles. The van der Waals surface area contributed by atoms with E-state index in [4.69, 9.17) is 39.4 Å². The molecule has 12 heteroatoms. The maximum atomic E-state index is 13.9. The van der Waals surface area contributed by atoms with Crippen molar-refractivity contribution in [2.24, 2.45) is 5.92 Å². The summed E-state index contributed by atoms with van der Waals surface area (Å²) in [5, 5.41) is 0.125. The molecule has 3 aliphatic rings. The van der Waals surface area contributed by atoms with E-state index in [2.05, 4.69) is 87.8 Å². The average Bonchev–Trinajstić information content (AvgIpc) is 3.73. The van der Waals surface area contributed by atoms with E-state index in [-0.39, 0.29) is 63.9 Å². The molecule has 0 radical (unpaired) electrons. The Morgan fingerprint density at radius 1 is 0.883 bits per heavy atom. The average molecular weight is 912 g/mol. The topological polar surface area (TPSA) is 89.5 Å². The van der Waals surface area contributed by atoms with Crippen LogP contribution < -0.4 is 0 Å². The number of alkyl halides is 1. The predicted octanol–water partition coefficient (Wildman–Crippen LogP) is 12.4. The third-order valence-electron chi connectivity index (χ3n) is 14.1. The fourth-order valence-electron chi connectivity index (χ4n) is 7.98. The zero-order chi connectivity index (χ0) is 44.5. The van der Waals surface area contributed by atoms with Crippen LogP contribution in [-0.4, -0.2) is 92.8 Å². The molecule has 0 bridgehead atoms. The summed E-state index contributed by atoms with van der Waals surface area (Å²) in [6.07, 6.45) is 10.3. The van der Waals surface area contributed by atoms with Crippen molar-refractivity contribution in [1.29, 1.82) is 0 Å². The van der Waals surface area contributed by atoms with Gasteiger partial charge in [0.05, 0.1) is 61.0 Å². The van der Waals surface area contributed by atoms with Crippen LogP contribution in [0.3, 0.4) is 0 Å². The summed E-state index contributed by atoms with van der Waals surface area (Å²) < 4.78 is 66.4. The molecular weight excluding hydrogens is 828 g/mol. The summed E-state index contributed by atoms with van der Waals surface area (Å²) in [5.74, 6) is -0.0814. The number of benzene rings is 1. The van der Waals surface area contributed by atoms with Gasteiger partial charge >= 0.3 is 0 Å². The lowest BCUT2D eigenvalue weighted by Gasteiger charge is -2.42. The molecule has 1 aromatic rings. The Labute approximate surface area is 373 Å². The van der Waals surface area contributed by atoms with Crippen molar-refractivity contribution >= 4 is 38.1 Å². The van der Waals surface area contributed by atoms with Crippen molar-refractivity contribution in [3.63, 3.8) is 0 Å². The molecule has 0 spiro atoms. The minimum Gasteiger partial charge on any atom is -0.414 e. The molecule has 7 atom stereocenters. The molecule has 4 rings (SSSR count). The molecule has 3 aliphatic heterocycles. The second-order valence-electron chi connectivity index (χ2n) is 21.1. The van der Waals surface area contributed by atoms with Crippen LogP contribution in [-0.2, 0) is 44.1 Å². The predicted molar refractivity (Wildman–Crippen MR) is 253 cm³/mol. The smallest absolute Gasteiger partial charge is 0.192 e. The normalized spacial score (nSPS) is 24.9. The van der Waals surface area contributed by atoms with Gasteiger partial charge in [-0.2, -0.15) is 0 Å². The van der Waals surface area contributed by atoms with Gasteiger partial charge in [-0.15, -0.1) is 11.6 Å². The molecule has 3 fully saturated rings. The monoisotopic (exact) mass is 911 g/mol. The maximum absolute atomic E-state index is 13.9. The number of allylic oxidation sites excluding steroid dienone is 1. The third-order valence-corrected chi connectivity index (χ3v) is 25.4. The van der Waals surface area contributed by atoms with Crippen molar-refractivity contribution in [2.75, 3.05) is 25.6 Å². The summed E-state index contributed by atoms with van der Waals surface area (Å²) in [5.41, 5.74) is 3.41.